The SMILES string of the molecule is CCN(CC)C(=O)C(C)NC(C)c1ccc2c(c1)CCC2. The zero-order chi connectivity index (χ0) is 15.4. The highest BCUT2D eigenvalue weighted by atomic mass is 16.2. The monoisotopic (exact) mass is 288 g/mol. The molecule has 2 unspecified atom stereocenters. The maximum absolute atomic E-state index is 12.3. The molecule has 3 nitrogen and oxygen atoms in total. The van der Waals surface area contributed by atoms with Gasteiger partial charge in [0.2, 0.25) is 5.91 Å². The van der Waals surface area contributed by atoms with Gasteiger partial charge in [0.05, 0.1) is 6.04 Å². The van der Waals surface area contributed by atoms with Crippen molar-refractivity contribution in [1.29, 1.82) is 0 Å². The summed E-state index contributed by atoms with van der Waals surface area (Å²) >= 11 is 0. The summed E-state index contributed by atoms with van der Waals surface area (Å²) in [7, 11) is 0. The van der Waals surface area contributed by atoms with Crippen molar-refractivity contribution in [1.82, 2.24) is 10.2 Å². The molecule has 1 aliphatic carbocycles. The average molecular weight is 288 g/mol. The molecule has 2 rings (SSSR count). The second-order valence-electron chi connectivity index (χ2n) is 6.00. The van der Waals surface area contributed by atoms with Crippen LogP contribution in [0, 0.1) is 0 Å². The second kappa shape index (κ2) is 7.08. The van der Waals surface area contributed by atoms with Crippen LogP contribution in [0.1, 0.15) is 56.8 Å². The Labute approximate surface area is 128 Å². The quantitative estimate of drug-likeness (QED) is 0.872. The number of hydrogen-bond donors (Lipinski definition) is 1. The van der Waals surface area contributed by atoms with Gasteiger partial charge in [-0.3, -0.25) is 10.1 Å². The van der Waals surface area contributed by atoms with E-state index in [0.717, 1.165) is 13.1 Å². The standard InChI is InChI=1S/C18H28N2O/c1-5-20(6-2)18(21)14(4)19-13(3)16-11-10-15-8-7-9-17(15)12-16/h10-14,19H,5-9H2,1-4H3. The number of carbonyl (C=O) groups excluding carboxylic acids is 1. The molecular formula is C18H28N2O. The zero-order valence-corrected chi connectivity index (χ0v) is 13.8. The molecule has 2 atom stereocenters. The van der Waals surface area contributed by atoms with Gasteiger partial charge in [0.25, 0.3) is 0 Å². The first-order valence-electron chi connectivity index (χ1n) is 8.23. The lowest BCUT2D eigenvalue weighted by Gasteiger charge is -2.26. The van der Waals surface area contributed by atoms with E-state index < -0.39 is 0 Å². The number of likely N-dealkylation sites (N-methyl/N-ethyl adjacent to an activating group) is 1. The Balaban J connectivity index is 2.00. The van der Waals surface area contributed by atoms with Gasteiger partial charge < -0.3 is 4.90 Å². The largest absolute Gasteiger partial charge is 0.342 e. The van der Waals surface area contributed by atoms with Gasteiger partial charge >= 0.3 is 0 Å². The van der Waals surface area contributed by atoms with Crippen LogP contribution in [-0.2, 0) is 17.6 Å². The molecule has 21 heavy (non-hydrogen) atoms. The second-order valence-corrected chi connectivity index (χ2v) is 6.00. The maximum Gasteiger partial charge on any atom is 0.239 e. The highest BCUT2D eigenvalue weighted by Gasteiger charge is 2.21. The summed E-state index contributed by atoms with van der Waals surface area (Å²) in [5.41, 5.74) is 4.27. The summed E-state index contributed by atoms with van der Waals surface area (Å²) in [4.78, 5) is 14.2. The van der Waals surface area contributed by atoms with Crippen molar-refractivity contribution in [2.45, 2.75) is 59.0 Å². The first-order valence-corrected chi connectivity index (χ1v) is 8.23. The molecule has 0 spiro atoms. The maximum atomic E-state index is 12.3. The molecule has 0 saturated carbocycles. The fourth-order valence-electron chi connectivity index (χ4n) is 3.21. The van der Waals surface area contributed by atoms with Gasteiger partial charge in [-0.25, -0.2) is 0 Å². The predicted molar refractivity (Wildman–Crippen MR) is 87.4 cm³/mol. The van der Waals surface area contributed by atoms with E-state index in [1.165, 1.54) is 36.0 Å². The van der Waals surface area contributed by atoms with E-state index in [1.807, 2.05) is 25.7 Å². The fourth-order valence-corrected chi connectivity index (χ4v) is 3.21. The molecule has 1 N–H and O–H groups in total. The van der Waals surface area contributed by atoms with Gasteiger partial charge in [0.1, 0.15) is 0 Å². The third kappa shape index (κ3) is 3.65. The van der Waals surface area contributed by atoms with Crippen molar-refractivity contribution >= 4 is 5.91 Å². The number of rotatable bonds is 6. The Bertz CT molecular complexity index is 494. The minimum absolute atomic E-state index is 0.145. The van der Waals surface area contributed by atoms with Gasteiger partial charge in [0.15, 0.2) is 0 Å². The first kappa shape index (κ1) is 16.0. The Morgan fingerprint density at radius 3 is 2.52 bits per heavy atom. The van der Waals surface area contributed by atoms with Crippen LogP contribution in [-0.4, -0.2) is 29.9 Å². The van der Waals surface area contributed by atoms with E-state index in [2.05, 4.69) is 30.4 Å². The Kier molecular flexibility index (Phi) is 5.40. The lowest BCUT2D eigenvalue weighted by molar-refractivity contribution is -0.132. The molecule has 0 radical (unpaired) electrons. The summed E-state index contributed by atoms with van der Waals surface area (Å²) in [6, 6.07) is 6.83. The summed E-state index contributed by atoms with van der Waals surface area (Å²) in [6.45, 7) is 9.70. The first-order chi connectivity index (χ1) is 10.1. The molecule has 1 aromatic rings. The van der Waals surface area contributed by atoms with Gasteiger partial charge in [-0.1, -0.05) is 18.2 Å². The van der Waals surface area contributed by atoms with Crippen LogP contribution < -0.4 is 5.32 Å². The van der Waals surface area contributed by atoms with Crippen molar-refractivity contribution < 1.29 is 4.79 Å². The molecular weight excluding hydrogens is 260 g/mol. The molecule has 0 heterocycles. The van der Waals surface area contributed by atoms with Gasteiger partial charge in [-0.05, 0) is 63.6 Å². The van der Waals surface area contributed by atoms with Crippen LogP contribution in [0.5, 0.6) is 0 Å². The van der Waals surface area contributed by atoms with Gasteiger partial charge in [-0.15, -0.1) is 0 Å². The van der Waals surface area contributed by atoms with Crippen LogP contribution in [0.2, 0.25) is 0 Å². The van der Waals surface area contributed by atoms with Crippen LogP contribution in [0.4, 0.5) is 0 Å². The van der Waals surface area contributed by atoms with E-state index in [9.17, 15) is 4.79 Å². The van der Waals surface area contributed by atoms with Crippen molar-refractivity contribution in [3.8, 4) is 0 Å². The van der Waals surface area contributed by atoms with Crippen molar-refractivity contribution in [3.05, 3.63) is 34.9 Å². The van der Waals surface area contributed by atoms with Crippen LogP contribution in [0.15, 0.2) is 18.2 Å². The highest BCUT2D eigenvalue weighted by molar-refractivity contribution is 5.81. The smallest absolute Gasteiger partial charge is 0.239 e. The average Bonchev–Trinajstić information content (AvgIpc) is 2.95. The number of nitrogens with one attached hydrogen (secondary N) is 1. The molecule has 0 aromatic heterocycles. The lowest BCUT2D eigenvalue weighted by Crippen LogP contribution is -2.45. The van der Waals surface area contributed by atoms with Crippen LogP contribution in [0.3, 0.4) is 0 Å². The number of fused-ring (bicyclic) bond motifs is 1. The molecule has 0 fully saturated rings. The van der Waals surface area contributed by atoms with Crippen molar-refractivity contribution in [3.63, 3.8) is 0 Å². The van der Waals surface area contributed by atoms with E-state index >= 15 is 0 Å². The molecule has 0 bridgehead atoms. The summed E-state index contributed by atoms with van der Waals surface area (Å²) in [5.74, 6) is 0.188. The molecule has 0 saturated heterocycles. The van der Waals surface area contributed by atoms with Crippen molar-refractivity contribution in [2.24, 2.45) is 0 Å². The Morgan fingerprint density at radius 1 is 1.19 bits per heavy atom. The van der Waals surface area contributed by atoms with E-state index in [-0.39, 0.29) is 18.0 Å². The normalized spacial score (nSPS) is 16.4. The third-order valence-corrected chi connectivity index (χ3v) is 4.57. The number of benzene rings is 1. The highest BCUT2D eigenvalue weighted by Crippen LogP contribution is 2.25. The van der Waals surface area contributed by atoms with Gasteiger partial charge in [0, 0.05) is 19.1 Å². The summed E-state index contributed by atoms with van der Waals surface area (Å²) in [5, 5.41) is 3.44. The minimum Gasteiger partial charge on any atom is -0.342 e. The summed E-state index contributed by atoms with van der Waals surface area (Å²) < 4.78 is 0. The molecule has 3 heteroatoms. The predicted octanol–water partition coefficient (Wildman–Crippen LogP) is 3.08. The molecule has 1 aliphatic rings. The van der Waals surface area contributed by atoms with E-state index in [0.29, 0.717) is 0 Å². The summed E-state index contributed by atoms with van der Waals surface area (Å²) in [6.07, 6.45) is 3.69. The fraction of sp³-hybridized carbons (Fsp3) is 0.611. The third-order valence-electron chi connectivity index (χ3n) is 4.57. The number of amides is 1. The van der Waals surface area contributed by atoms with Gasteiger partial charge in [-0.2, -0.15) is 0 Å². The van der Waals surface area contributed by atoms with E-state index in [1.54, 1.807) is 0 Å². The number of nitrogens with zero attached hydrogens (tertiary/aromatic N) is 1. The number of carbonyl (C=O) groups is 1. The number of aryl methyl sites for hydroxylation is 2. The topological polar surface area (TPSA) is 32.3 Å². The lowest BCUT2D eigenvalue weighted by atomic mass is 10.0. The minimum atomic E-state index is -0.145. The molecule has 1 aromatic carbocycles. The van der Waals surface area contributed by atoms with Crippen molar-refractivity contribution in [2.75, 3.05) is 13.1 Å². The Morgan fingerprint density at radius 2 is 1.86 bits per heavy atom. The molecule has 116 valence electrons. The Hall–Kier alpha value is -1.35. The molecule has 1 amide bonds. The van der Waals surface area contributed by atoms with E-state index in [4.69, 9.17) is 0 Å². The van der Waals surface area contributed by atoms with Crippen LogP contribution >= 0.6 is 0 Å². The molecule has 0 aliphatic heterocycles. The van der Waals surface area contributed by atoms with Crippen LogP contribution in [0.25, 0.3) is 0 Å². The number of hydrogen-bond acceptors (Lipinski definition) is 2. The zero-order valence-electron chi connectivity index (χ0n) is 13.8.